The Morgan fingerprint density at radius 2 is 2.10 bits per heavy atom. The van der Waals surface area contributed by atoms with Crippen LogP contribution in [0.4, 0.5) is 0 Å². The second-order valence-electron chi connectivity index (χ2n) is 5.17. The molecule has 1 aromatic carbocycles. The lowest BCUT2D eigenvalue weighted by molar-refractivity contribution is -0.134. The van der Waals surface area contributed by atoms with Gasteiger partial charge in [-0.3, -0.25) is 4.79 Å². The van der Waals surface area contributed by atoms with Gasteiger partial charge >= 0.3 is 0 Å². The van der Waals surface area contributed by atoms with Gasteiger partial charge in [0.25, 0.3) is 0 Å². The molecule has 0 radical (unpaired) electrons. The Bertz CT molecular complexity index is 407. The van der Waals surface area contributed by atoms with Crippen molar-refractivity contribution in [1.29, 1.82) is 0 Å². The Morgan fingerprint density at radius 1 is 1.30 bits per heavy atom. The summed E-state index contributed by atoms with van der Waals surface area (Å²) in [7, 11) is 0. The molecule has 110 valence electrons. The smallest absolute Gasteiger partial charge is 0.226 e. The van der Waals surface area contributed by atoms with Gasteiger partial charge in [0.1, 0.15) is 0 Å². The number of ether oxygens (including phenoxy) is 1. The molecular formula is C16H23NO3. The first-order valence-electron chi connectivity index (χ1n) is 7.38. The van der Waals surface area contributed by atoms with Gasteiger partial charge in [-0.25, -0.2) is 0 Å². The molecule has 4 heteroatoms. The normalized spacial score (nSPS) is 22.4. The molecular weight excluding hydrogens is 254 g/mol. The number of hydrogen-bond donors (Lipinski definition) is 2. The zero-order chi connectivity index (χ0) is 14.2. The van der Waals surface area contributed by atoms with E-state index in [0.29, 0.717) is 13.2 Å². The van der Waals surface area contributed by atoms with Crippen molar-refractivity contribution < 1.29 is 14.6 Å². The van der Waals surface area contributed by atoms with Gasteiger partial charge in [-0.1, -0.05) is 30.3 Å². The van der Waals surface area contributed by atoms with Crippen molar-refractivity contribution in [3.8, 4) is 0 Å². The van der Waals surface area contributed by atoms with Gasteiger partial charge in [0.05, 0.1) is 12.0 Å². The summed E-state index contributed by atoms with van der Waals surface area (Å²) in [4.78, 5) is 12.3. The molecule has 0 unspecified atom stereocenters. The maximum absolute atomic E-state index is 12.3. The summed E-state index contributed by atoms with van der Waals surface area (Å²) in [6.07, 6.45) is 3.20. The van der Waals surface area contributed by atoms with E-state index in [-0.39, 0.29) is 24.5 Å². The first-order chi connectivity index (χ1) is 9.83. The van der Waals surface area contributed by atoms with Crippen LogP contribution in [-0.4, -0.2) is 30.8 Å². The van der Waals surface area contributed by atoms with E-state index in [9.17, 15) is 4.79 Å². The highest BCUT2D eigenvalue weighted by atomic mass is 16.5. The van der Waals surface area contributed by atoms with Gasteiger partial charge in [0, 0.05) is 19.8 Å². The second-order valence-corrected chi connectivity index (χ2v) is 5.17. The van der Waals surface area contributed by atoms with E-state index in [4.69, 9.17) is 9.84 Å². The summed E-state index contributed by atoms with van der Waals surface area (Å²) >= 11 is 0. The van der Waals surface area contributed by atoms with Gasteiger partial charge in [0.2, 0.25) is 5.91 Å². The Kier molecular flexibility index (Phi) is 6.02. The van der Waals surface area contributed by atoms with Gasteiger partial charge < -0.3 is 15.2 Å². The molecule has 1 aliphatic heterocycles. The molecule has 0 aromatic heterocycles. The number of carbonyl (C=O) groups excluding carboxylic acids is 1. The predicted molar refractivity (Wildman–Crippen MR) is 77.2 cm³/mol. The molecule has 2 atom stereocenters. The van der Waals surface area contributed by atoms with Crippen LogP contribution >= 0.6 is 0 Å². The fraction of sp³-hybridized carbons (Fsp3) is 0.562. The number of aliphatic hydroxyl groups is 1. The second kappa shape index (κ2) is 8.02. The van der Waals surface area contributed by atoms with Crippen LogP contribution in [-0.2, 0) is 9.53 Å². The SMILES string of the molecule is O=C(NCCCCO)[C@H]1CCCO[C@H]1c1ccccc1. The van der Waals surface area contributed by atoms with E-state index in [1.165, 1.54) is 0 Å². The number of rotatable bonds is 6. The van der Waals surface area contributed by atoms with Crippen LogP contribution in [0, 0.1) is 5.92 Å². The largest absolute Gasteiger partial charge is 0.396 e. The third-order valence-electron chi connectivity index (χ3n) is 3.67. The molecule has 1 aromatic rings. The first kappa shape index (κ1) is 15.0. The fourth-order valence-corrected chi connectivity index (χ4v) is 2.60. The number of hydrogen-bond acceptors (Lipinski definition) is 3. The summed E-state index contributed by atoms with van der Waals surface area (Å²) in [6, 6.07) is 9.95. The number of unbranched alkanes of at least 4 members (excludes halogenated alkanes) is 1. The molecule has 2 N–H and O–H groups in total. The summed E-state index contributed by atoms with van der Waals surface area (Å²) < 4.78 is 5.82. The van der Waals surface area contributed by atoms with Gasteiger partial charge in [-0.15, -0.1) is 0 Å². The maximum Gasteiger partial charge on any atom is 0.226 e. The molecule has 1 fully saturated rings. The lowest BCUT2D eigenvalue weighted by Crippen LogP contribution is -2.38. The van der Waals surface area contributed by atoms with Crippen molar-refractivity contribution in [2.45, 2.75) is 31.8 Å². The van der Waals surface area contributed by atoms with Crippen LogP contribution in [0.5, 0.6) is 0 Å². The molecule has 0 saturated carbocycles. The predicted octanol–water partition coefficient (Wildman–Crippen LogP) is 2.04. The summed E-state index contributed by atoms with van der Waals surface area (Å²) in [5.74, 6) is -0.0447. The third-order valence-corrected chi connectivity index (χ3v) is 3.67. The average Bonchev–Trinajstić information content (AvgIpc) is 2.52. The maximum atomic E-state index is 12.3. The highest BCUT2D eigenvalue weighted by molar-refractivity contribution is 5.79. The number of carbonyl (C=O) groups is 1. The fourth-order valence-electron chi connectivity index (χ4n) is 2.60. The molecule has 0 spiro atoms. The summed E-state index contributed by atoms with van der Waals surface area (Å²) in [5, 5.41) is 11.7. The van der Waals surface area contributed by atoms with Crippen molar-refractivity contribution >= 4 is 5.91 Å². The minimum atomic E-state index is -0.136. The topological polar surface area (TPSA) is 58.6 Å². The summed E-state index contributed by atoms with van der Waals surface area (Å²) in [5.41, 5.74) is 1.07. The number of benzene rings is 1. The van der Waals surface area contributed by atoms with E-state index in [2.05, 4.69) is 5.32 Å². The van der Waals surface area contributed by atoms with Crippen LogP contribution in [0.3, 0.4) is 0 Å². The van der Waals surface area contributed by atoms with Crippen LogP contribution in [0.25, 0.3) is 0 Å². The molecule has 0 bridgehead atoms. The van der Waals surface area contributed by atoms with E-state index in [0.717, 1.165) is 31.2 Å². The number of amides is 1. The van der Waals surface area contributed by atoms with Crippen LogP contribution in [0.2, 0.25) is 0 Å². The van der Waals surface area contributed by atoms with Crippen molar-refractivity contribution in [2.24, 2.45) is 5.92 Å². The van der Waals surface area contributed by atoms with E-state index >= 15 is 0 Å². The molecule has 20 heavy (non-hydrogen) atoms. The Labute approximate surface area is 120 Å². The van der Waals surface area contributed by atoms with Gasteiger partial charge in [0.15, 0.2) is 0 Å². The molecule has 1 amide bonds. The third kappa shape index (κ3) is 4.05. The van der Waals surface area contributed by atoms with Crippen molar-refractivity contribution in [3.63, 3.8) is 0 Å². The quantitative estimate of drug-likeness (QED) is 0.782. The van der Waals surface area contributed by atoms with Crippen LogP contribution in [0.15, 0.2) is 30.3 Å². The highest BCUT2D eigenvalue weighted by Crippen LogP contribution is 2.33. The van der Waals surface area contributed by atoms with Crippen molar-refractivity contribution in [1.82, 2.24) is 5.32 Å². The first-order valence-corrected chi connectivity index (χ1v) is 7.38. The van der Waals surface area contributed by atoms with Gasteiger partial charge in [-0.2, -0.15) is 0 Å². The van der Waals surface area contributed by atoms with Gasteiger partial charge in [-0.05, 0) is 31.2 Å². The molecule has 1 saturated heterocycles. The average molecular weight is 277 g/mol. The van der Waals surface area contributed by atoms with Crippen molar-refractivity contribution in [3.05, 3.63) is 35.9 Å². The zero-order valence-electron chi connectivity index (χ0n) is 11.8. The van der Waals surface area contributed by atoms with E-state index in [1.807, 2.05) is 30.3 Å². The molecule has 4 nitrogen and oxygen atoms in total. The molecule has 0 aliphatic carbocycles. The Morgan fingerprint density at radius 3 is 2.85 bits per heavy atom. The zero-order valence-corrected chi connectivity index (χ0v) is 11.8. The molecule has 1 heterocycles. The lowest BCUT2D eigenvalue weighted by atomic mass is 9.89. The van der Waals surface area contributed by atoms with Crippen molar-refractivity contribution in [2.75, 3.05) is 19.8 Å². The molecule has 1 aliphatic rings. The van der Waals surface area contributed by atoms with Crippen LogP contribution in [0.1, 0.15) is 37.4 Å². The standard InChI is InChI=1S/C16H23NO3/c18-11-5-4-10-17-16(19)14-9-6-12-20-15(14)13-7-2-1-3-8-13/h1-3,7-8,14-15,18H,4-6,9-12H2,(H,17,19)/t14-,15-/m0/s1. The minimum Gasteiger partial charge on any atom is -0.396 e. The van der Waals surface area contributed by atoms with Crippen LogP contribution < -0.4 is 5.32 Å². The lowest BCUT2D eigenvalue weighted by Gasteiger charge is -2.31. The monoisotopic (exact) mass is 277 g/mol. The Hall–Kier alpha value is -1.39. The van der Waals surface area contributed by atoms with E-state index < -0.39 is 0 Å². The number of aliphatic hydroxyl groups excluding tert-OH is 1. The van der Waals surface area contributed by atoms with E-state index in [1.54, 1.807) is 0 Å². The number of nitrogens with one attached hydrogen (secondary N) is 1. The summed E-state index contributed by atoms with van der Waals surface area (Å²) in [6.45, 7) is 1.51. The highest BCUT2D eigenvalue weighted by Gasteiger charge is 2.32. The Balaban J connectivity index is 1.94. The minimum absolute atomic E-state index is 0.0662. The molecule has 2 rings (SSSR count).